The molecule has 1 fully saturated rings. The first-order valence-corrected chi connectivity index (χ1v) is 9.08. The molecule has 3 aromatic heterocycles. The highest BCUT2D eigenvalue weighted by molar-refractivity contribution is 7.21. The van der Waals surface area contributed by atoms with Crippen LogP contribution in [0, 0.1) is 0 Å². The first-order valence-electron chi connectivity index (χ1n) is 8.26. The SMILES string of the molecule is NC(=O)Oc1c(C(=O)N2CCCCC2)sc2nc3ccccn3c(=O)c12. The molecule has 0 radical (unpaired) electrons. The number of amides is 2. The maximum atomic E-state index is 12.9. The Morgan fingerprint density at radius 3 is 2.69 bits per heavy atom. The Bertz CT molecular complexity index is 1080. The third-order valence-corrected chi connectivity index (χ3v) is 5.43. The third-order valence-electron chi connectivity index (χ3n) is 4.37. The molecule has 3 aromatic rings. The van der Waals surface area contributed by atoms with Crippen molar-refractivity contribution in [1.29, 1.82) is 0 Å². The molecule has 26 heavy (non-hydrogen) atoms. The Morgan fingerprint density at radius 2 is 1.96 bits per heavy atom. The van der Waals surface area contributed by atoms with Crippen molar-refractivity contribution >= 4 is 39.2 Å². The normalized spacial score (nSPS) is 14.7. The van der Waals surface area contributed by atoms with E-state index >= 15 is 0 Å². The fourth-order valence-corrected chi connectivity index (χ4v) is 4.24. The van der Waals surface area contributed by atoms with Gasteiger partial charge >= 0.3 is 6.09 Å². The Balaban J connectivity index is 1.95. The number of carbonyl (C=O) groups is 2. The van der Waals surface area contributed by atoms with Crippen LogP contribution in [0.2, 0.25) is 0 Å². The van der Waals surface area contributed by atoms with Crippen LogP contribution in [0.3, 0.4) is 0 Å². The van der Waals surface area contributed by atoms with Gasteiger partial charge in [0.15, 0.2) is 5.75 Å². The van der Waals surface area contributed by atoms with Gasteiger partial charge in [0.05, 0.1) is 0 Å². The van der Waals surface area contributed by atoms with Crippen LogP contribution in [0.15, 0.2) is 29.2 Å². The summed E-state index contributed by atoms with van der Waals surface area (Å²) >= 11 is 1.05. The average molecular weight is 372 g/mol. The van der Waals surface area contributed by atoms with Gasteiger partial charge in [0.25, 0.3) is 11.5 Å². The summed E-state index contributed by atoms with van der Waals surface area (Å²) in [5.74, 6) is -0.360. The van der Waals surface area contributed by atoms with Crippen molar-refractivity contribution in [3.8, 4) is 5.75 Å². The number of thiophene rings is 1. The summed E-state index contributed by atoms with van der Waals surface area (Å²) in [5, 5.41) is 0.0952. The molecule has 8 nitrogen and oxygen atoms in total. The molecule has 134 valence electrons. The summed E-state index contributed by atoms with van der Waals surface area (Å²) in [6.45, 7) is 1.27. The fraction of sp³-hybridized carbons (Fsp3) is 0.294. The number of aromatic nitrogens is 2. The van der Waals surface area contributed by atoms with Crippen LogP contribution >= 0.6 is 11.3 Å². The molecule has 0 aromatic carbocycles. The molecular weight excluding hydrogens is 356 g/mol. The molecule has 1 saturated heterocycles. The number of carbonyl (C=O) groups excluding carboxylic acids is 2. The van der Waals surface area contributed by atoms with Gasteiger partial charge in [-0.05, 0) is 31.4 Å². The highest BCUT2D eigenvalue weighted by Gasteiger charge is 2.29. The lowest BCUT2D eigenvalue weighted by Gasteiger charge is -2.26. The second-order valence-electron chi connectivity index (χ2n) is 6.06. The Labute approximate surface area is 151 Å². The first kappa shape index (κ1) is 16.5. The summed E-state index contributed by atoms with van der Waals surface area (Å²) in [6.07, 6.45) is 3.42. The quantitative estimate of drug-likeness (QED) is 0.740. The van der Waals surface area contributed by atoms with Gasteiger partial charge in [0.1, 0.15) is 20.7 Å². The van der Waals surface area contributed by atoms with Gasteiger partial charge in [-0.25, -0.2) is 9.78 Å². The van der Waals surface area contributed by atoms with Crippen LogP contribution in [0.4, 0.5) is 4.79 Å². The Morgan fingerprint density at radius 1 is 1.19 bits per heavy atom. The zero-order chi connectivity index (χ0) is 18.3. The molecule has 0 spiro atoms. The summed E-state index contributed by atoms with van der Waals surface area (Å²) in [6, 6.07) is 5.16. The van der Waals surface area contributed by atoms with Crippen molar-refractivity contribution in [3.05, 3.63) is 39.6 Å². The lowest BCUT2D eigenvalue weighted by Crippen LogP contribution is -2.35. The van der Waals surface area contributed by atoms with Crippen molar-refractivity contribution in [2.75, 3.05) is 13.1 Å². The zero-order valence-corrected chi connectivity index (χ0v) is 14.6. The number of likely N-dealkylation sites (tertiary alicyclic amines) is 1. The monoisotopic (exact) mass is 372 g/mol. The van der Waals surface area contributed by atoms with Gasteiger partial charge in [-0.1, -0.05) is 6.07 Å². The topological polar surface area (TPSA) is 107 Å². The van der Waals surface area contributed by atoms with Gasteiger partial charge in [0, 0.05) is 19.3 Å². The van der Waals surface area contributed by atoms with Crippen LogP contribution in [-0.4, -0.2) is 39.4 Å². The predicted octanol–water partition coefficient (Wildman–Crippen LogP) is 1.99. The van der Waals surface area contributed by atoms with Gasteiger partial charge in [-0.15, -0.1) is 11.3 Å². The summed E-state index contributed by atoms with van der Waals surface area (Å²) in [5.41, 5.74) is 5.22. The Hall–Kier alpha value is -2.94. The van der Waals surface area contributed by atoms with E-state index in [2.05, 4.69) is 4.98 Å². The molecule has 1 aliphatic rings. The number of hydrogen-bond donors (Lipinski definition) is 1. The molecule has 0 atom stereocenters. The number of hydrogen-bond acceptors (Lipinski definition) is 6. The molecule has 4 heterocycles. The maximum Gasteiger partial charge on any atom is 0.410 e. The van der Waals surface area contributed by atoms with Crippen LogP contribution in [0.25, 0.3) is 15.9 Å². The molecule has 0 aliphatic carbocycles. The van der Waals surface area contributed by atoms with E-state index in [1.807, 2.05) is 0 Å². The van der Waals surface area contributed by atoms with E-state index in [0.29, 0.717) is 23.6 Å². The minimum absolute atomic E-state index is 0.0937. The third kappa shape index (κ3) is 2.70. The molecule has 1 aliphatic heterocycles. The fourth-order valence-electron chi connectivity index (χ4n) is 3.17. The van der Waals surface area contributed by atoms with Crippen LogP contribution in [0.5, 0.6) is 5.75 Å². The van der Waals surface area contributed by atoms with E-state index < -0.39 is 11.7 Å². The molecule has 2 amide bonds. The van der Waals surface area contributed by atoms with Gasteiger partial charge in [-0.3, -0.25) is 14.0 Å². The molecule has 2 N–H and O–H groups in total. The predicted molar refractivity (Wildman–Crippen MR) is 96.8 cm³/mol. The zero-order valence-electron chi connectivity index (χ0n) is 13.8. The minimum atomic E-state index is -1.07. The maximum absolute atomic E-state index is 12.9. The van der Waals surface area contributed by atoms with Gasteiger partial charge in [0.2, 0.25) is 0 Å². The molecule has 0 bridgehead atoms. The number of piperidine rings is 1. The van der Waals surface area contributed by atoms with Crippen LogP contribution in [-0.2, 0) is 0 Å². The van der Waals surface area contributed by atoms with E-state index in [1.54, 1.807) is 29.3 Å². The van der Waals surface area contributed by atoms with Gasteiger partial charge in [-0.2, -0.15) is 0 Å². The highest BCUT2D eigenvalue weighted by atomic mass is 32.1. The average Bonchev–Trinajstić information content (AvgIpc) is 3.00. The number of rotatable bonds is 2. The molecular formula is C17H16N4O4S. The minimum Gasteiger partial charge on any atom is -0.408 e. The van der Waals surface area contributed by atoms with E-state index in [4.69, 9.17) is 10.5 Å². The number of nitrogens with two attached hydrogens (primary N) is 1. The van der Waals surface area contributed by atoms with E-state index in [1.165, 1.54) is 4.40 Å². The lowest BCUT2D eigenvalue weighted by molar-refractivity contribution is 0.0727. The molecule has 0 unspecified atom stereocenters. The van der Waals surface area contributed by atoms with E-state index in [-0.39, 0.29) is 21.9 Å². The number of ether oxygens (including phenoxy) is 1. The van der Waals surface area contributed by atoms with Crippen molar-refractivity contribution < 1.29 is 14.3 Å². The number of fused-ring (bicyclic) bond motifs is 2. The van der Waals surface area contributed by atoms with Crippen molar-refractivity contribution in [2.45, 2.75) is 19.3 Å². The van der Waals surface area contributed by atoms with Crippen LogP contribution in [0.1, 0.15) is 28.9 Å². The van der Waals surface area contributed by atoms with Crippen LogP contribution < -0.4 is 16.0 Å². The molecule has 9 heteroatoms. The van der Waals surface area contributed by atoms with E-state index in [0.717, 1.165) is 30.6 Å². The largest absolute Gasteiger partial charge is 0.410 e. The molecule has 4 rings (SSSR count). The van der Waals surface area contributed by atoms with Crippen molar-refractivity contribution in [3.63, 3.8) is 0 Å². The molecule has 0 saturated carbocycles. The smallest absolute Gasteiger partial charge is 0.408 e. The standard InChI is InChI=1S/C17H16N4O4S/c18-17(24)25-12-11-14(19-10-6-2-5-9-21(10)15(11)22)26-13(12)16(23)20-7-3-1-4-8-20/h2,5-6,9H,1,3-4,7-8H2,(H2,18,24). The summed E-state index contributed by atoms with van der Waals surface area (Å²) in [7, 11) is 0. The van der Waals surface area contributed by atoms with E-state index in [9.17, 15) is 14.4 Å². The number of nitrogens with zero attached hydrogens (tertiary/aromatic N) is 3. The summed E-state index contributed by atoms with van der Waals surface area (Å²) < 4.78 is 6.43. The number of pyridine rings is 1. The second-order valence-corrected chi connectivity index (χ2v) is 7.06. The summed E-state index contributed by atoms with van der Waals surface area (Å²) in [4.78, 5) is 43.9. The lowest BCUT2D eigenvalue weighted by atomic mass is 10.1. The first-order chi connectivity index (χ1) is 12.6. The Kier molecular flexibility index (Phi) is 4.08. The van der Waals surface area contributed by atoms with Crippen molar-refractivity contribution in [2.24, 2.45) is 5.73 Å². The second kappa shape index (κ2) is 6.41. The van der Waals surface area contributed by atoms with Crippen molar-refractivity contribution in [1.82, 2.24) is 14.3 Å². The van der Waals surface area contributed by atoms with Gasteiger partial charge < -0.3 is 15.4 Å². The highest BCUT2D eigenvalue weighted by Crippen LogP contribution is 2.36. The number of primary amides is 1.